The Bertz CT molecular complexity index is 261. The maximum atomic E-state index is 12.7. The molecule has 0 fully saturated rings. The van der Waals surface area contributed by atoms with E-state index in [0.717, 1.165) is 0 Å². The molecule has 1 aromatic rings. The highest BCUT2D eigenvalue weighted by Crippen LogP contribution is 2.41. The van der Waals surface area contributed by atoms with Gasteiger partial charge in [-0.1, -0.05) is 12.1 Å². The Morgan fingerprint density at radius 3 is 2.09 bits per heavy atom. The lowest BCUT2D eigenvalue weighted by atomic mass is 10.3. The molecule has 11 heavy (non-hydrogen) atoms. The Labute approximate surface area is 67.5 Å². The molecule has 0 N–H and O–H groups in total. The first-order chi connectivity index (χ1) is 5.17. The molecule has 0 spiro atoms. The Morgan fingerprint density at radius 2 is 1.64 bits per heavy atom. The van der Waals surface area contributed by atoms with Gasteiger partial charge in [-0.05, 0) is 12.1 Å². The zero-order valence-corrected chi connectivity index (χ0v) is 6.14. The summed E-state index contributed by atoms with van der Waals surface area (Å²) in [6.07, 6.45) is 0. The van der Waals surface area contributed by atoms with Crippen molar-refractivity contribution in [3.63, 3.8) is 0 Å². The van der Waals surface area contributed by atoms with E-state index in [4.69, 9.17) is 11.6 Å². The monoisotopic (exact) mass is 174 g/mol. The molecule has 1 aliphatic rings. The molecule has 2 rings (SSSR count). The van der Waals surface area contributed by atoms with Gasteiger partial charge in [-0.15, -0.1) is 4.39 Å². The molecular formula is C7H4ClFO2. The molecule has 0 aliphatic carbocycles. The van der Waals surface area contributed by atoms with E-state index in [-0.39, 0.29) is 0 Å². The fourth-order valence-corrected chi connectivity index (χ4v) is 1.06. The predicted molar refractivity (Wildman–Crippen MR) is 37.4 cm³/mol. The Balaban J connectivity index is 2.41. The lowest BCUT2D eigenvalue weighted by molar-refractivity contribution is -0.112. The zero-order valence-electron chi connectivity index (χ0n) is 5.38. The summed E-state index contributed by atoms with van der Waals surface area (Å²) in [7, 11) is 0. The van der Waals surface area contributed by atoms with Crippen molar-refractivity contribution in [3.05, 3.63) is 24.3 Å². The van der Waals surface area contributed by atoms with Crippen LogP contribution < -0.4 is 9.47 Å². The fourth-order valence-electron chi connectivity index (χ4n) is 0.896. The summed E-state index contributed by atoms with van der Waals surface area (Å²) >= 11 is 5.12. The zero-order chi connectivity index (χ0) is 7.90. The van der Waals surface area contributed by atoms with Gasteiger partial charge in [0.1, 0.15) is 0 Å². The Kier molecular flexibility index (Phi) is 1.23. The average Bonchev–Trinajstić information content (AvgIpc) is 2.21. The highest BCUT2D eigenvalue weighted by atomic mass is 35.5. The van der Waals surface area contributed by atoms with E-state index >= 15 is 0 Å². The minimum absolute atomic E-state index is 0.324. The average molecular weight is 175 g/mol. The van der Waals surface area contributed by atoms with Gasteiger partial charge in [0.25, 0.3) is 0 Å². The molecular weight excluding hydrogens is 171 g/mol. The number of rotatable bonds is 0. The van der Waals surface area contributed by atoms with Crippen LogP contribution >= 0.6 is 11.6 Å². The van der Waals surface area contributed by atoms with Crippen LogP contribution in [0, 0.1) is 0 Å². The molecule has 0 amide bonds. The lowest BCUT2D eigenvalue weighted by Crippen LogP contribution is -2.24. The van der Waals surface area contributed by atoms with E-state index in [2.05, 4.69) is 9.47 Å². The summed E-state index contributed by atoms with van der Waals surface area (Å²) in [5.41, 5.74) is -2.52. The molecule has 58 valence electrons. The molecule has 1 aliphatic heterocycles. The van der Waals surface area contributed by atoms with Crippen molar-refractivity contribution in [2.75, 3.05) is 0 Å². The number of benzene rings is 1. The molecule has 0 bridgehead atoms. The molecule has 0 atom stereocenters. The van der Waals surface area contributed by atoms with Gasteiger partial charge < -0.3 is 9.47 Å². The third kappa shape index (κ3) is 1.12. The maximum Gasteiger partial charge on any atom is 0.499 e. The van der Waals surface area contributed by atoms with E-state index < -0.39 is 5.50 Å². The van der Waals surface area contributed by atoms with Crippen LogP contribution in [0.4, 0.5) is 4.39 Å². The molecule has 0 radical (unpaired) electrons. The summed E-state index contributed by atoms with van der Waals surface area (Å²) < 4.78 is 21.9. The van der Waals surface area contributed by atoms with Gasteiger partial charge in [0.15, 0.2) is 11.5 Å². The van der Waals surface area contributed by atoms with Crippen LogP contribution in [0.15, 0.2) is 24.3 Å². The van der Waals surface area contributed by atoms with Crippen molar-refractivity contribution in [1.82, 2.24) is 0 Å². The summed E-state index contributed by atoms with van der Waals surface area (Å²) in [4.78, 5) is 0. The van der Waals surface area contributed by atoms with E-state index in [0.29, 0.717) is 11.5 Å². The summed E-state index contributed by atoms with van der Waals surface area (Å²) in [6.45, 7) is 0. The summed E-state index contributed by atoms with van der Waals surface area (Å²) in [5, 5.41) is 0. The van der Waals surface area contributed by atoms with Crippen molar-refractivity contribution in [2.24, 2.45) is 0 Å². The van der Waals surface area contributed by atoms with Crippen molar-refractivity contribution < 1.29 is 13.9 Å². The smallest absolute Gasteiger partial charge is 0.410 e. The van der Waals surface area contributed by atoms with Gasteiger partial charge in [0.05, 0.1) is 0 Å². The highest BCUT2D eigenvalue weighted by Gasteiger charge is 2.39. The molecule has 2 nitrogen and oxygen atoms in total. The summed E-state index contributed by atoms with van der Waals surface area (Å²) in [6, 6.07) is 6.58. The van der Waals surface area contributed by atoms with Gasteiger partial charge in [-0.3, -0.25) is 0 Å². The van der Waals surface area contributed by atoms with E-state index in [9.17, 15) is 4.39 Å². The molecule has 0 saturated heterocycles. The Hall–Kier alpha value is -0.960. The quantitative estimate of drug-likeness (QED) is 0.562. The third-order valence-electron chi connectivity index (χ3n) is 1.31. The Morgan fingerprint density at radius 1 is 1.18 bits per heavy atom. The van der Waals surface area contributed by atoms with Crippen LogP contribution in [0.3, 0.4) is 0 Å². The van der Waals surface area contributed by atoms with Crippen LogP contribution in [0.25, 0.3) is 0 Å². The number of para-hydroxylation sites is 2. The number of hydrogen-bond donors (Lipinski definition) is 0. The first-order valence-corrected chi connectivity index (χ1v) is 3.40. The number of fused-ring (bicyclic) bond motifs is 1. The second-order valence-corrected chi connectivity index (χ2v) is 2.57. The van der Waals surface area contributed by atoms with E-state index in [1.807, 2.05) is 0 Å². The first-order valence-electron chi connectivity index (χ1n) is 3.02. The van der Waals surface area contributed by atoms with Crippen LogP contribution in [0.2, 0.25) is 0 Å². The first kappa shape index (κ1) is 6.73. The minimum atomic E-state index is -2.52. The summed E-state index contributed by atoms with van der Waals surface area (Å²) in [5.74, 6) is 0.648. The minimum Gasteiger partial charge on any atom is -0.410 e. The molecule has 0 unspecified atom stereocenters. The third-order valence-corrected chi connectivity index (χ3v) is 1.46. The SMILES string of the molecule is FC1(Cl)Oc2ccccc2O1. The van der Waals surface area contributed by atoms with Gasteiger partial charge in [0, 0.05) is 11.6 Å². The van der Waals surface area contributed by atoms with Crippen LogP contribution in [0.1, 0.15) is 0 Å². The molecule has 0 aromatic heterocycles. The van der Waals surface area contributed by atoms with Gasteiger partial charge in [-0.25, -0.2) is 0 Å². The normalized spacial score (nSPS) is 18.4. The van der Waals surface area contributed by atoms with E-state index in [1.165, 1.54) is 0 Å². The lowest BCUT2D eigenvalue weighted by Gasteiger charge is -2.06. The number of ether oxygens (including phenoxy) is 2. The molecule has 1 heterocycles. The molecule has 0 saturated carbocycles. The van der Waals surface area contributed by atoms with Gasteiger partial charge >= 0.3 is 5.50 Å². The molecule has 4 heteroatoms. The second-order valence-electron chi connectivity index (χ2n) is 2.11. The highest BCUT2D eigenvalue weighted by molar-refractivity contribution is 6.21. The van der Waals surface area contributed by atoms with Crippen molar-refractivity contribution in [2.45, 2.75) is 5.50 Å². The van der Waals surface area contributed by atoms with Crippen LogP contribution in [-0.4, -0.2) is 5.50 Å². The number of alkyl halides is 2. The van der Waals surface area contributed by atoms with Crippen molar-refractivity contribution in [3.8, 4) is 11.5 Å². The molecule has 1 aromatic carbocycles. The van der Waals surface area contributed by atoms with Crippen molar-refractivity contribution >= 4 is 11.6 Å². The largest absolute Gasteiger partial charge is 0.499 e. The second kappa shape index (κ2) is 2.01. The van der Waals surface area contributed by atoms with Gasteiger partial charge in [0.2, 0.25) is 0 Å². The van der Waals surface area contributed by atoms with Crippen molar-refractivity contribution in [1.29, 1.82) is 0 Å². The van der Waals surface area contributed by atoms with Crippen LogP contribution in [-0.2, 0) is 0 Å². The number of halogens is 2. The standard InChI is InChI=1S/C7H4ClFO2/c8-7(9)10-5-3-1-2-4-6(5)11-7/h1-4H. The maximum absolute atomic E-state index is 12.7. The van der Waals surface area contributed by atoms with E-state index in [1.54, 1.807) is 24.3 Å². The van der Waals surface area contributed by atoms with Crippen LogP contribution in [0.5, 0.6) is 11.5 Å². The number of hydrogen-bond acceptors (Lipinski definition) is 2. The van der Waals surface area contributed by atoms with Gasteiger partial charge in [-0.2, -0.15) is 0 Å². The topological polar surface area (TPSA) is 18.5 Å². The predicted octanol–water partition coefficient (Wildman–Crippen LogP) is 2.28. The fraction of sp³-hybridized carbons (Fsp3) is 0.143.